The SMILES string of the molecule is CC(C)C(=O)N1CC[C@H](Nc2ccc(C#N)c(Cl)c2)C1. The number of hydrogen-bond donors (Lipinski definition) is 1. The van der Waals surface area contributed by atoms with Crippen LogP contribution in [0.3, 0.4) is 0 Å². The number of benzene rings is 1. The van der Waals surface area contributed by atoms with Crippen LogP contribution in [-0.4, -0.2) is 29.9 Å². The largest absolute Gasteiger partial charge is 0.380 e. The van der Waals surface area contributed by atoms with Crippen molar-refractivity contribution in [2.24, 2.45) is 5.92 Å². The van der Waals surface area contributed by atoms with E-state index in [4.69, 9.17) is 16.9 Å². The van der Waals surface area contributed by atoms with Crippen LogP contribution in [0.5, 0.6) is 0 Å². The molecule has 1 amide bonds. The topological polar surface area (TPSA) is 56.1 Å². The van der Waals surface area contributed by atoms with E-state index in [9.17, 15) is 4.79 Å². The average Bonchev–Trinajstić information content (AvgIpc) is 2.86. The van der Waals surface area contributed by atoms with Crippen molar-refractivity contribution >= 4 is 23.2 Å². The summed E-state index contributed by atoms with van der Waals surface area (Å²) in [5.74, 6) is 0.241. The molecule has 1 aliphatic heterocycles. The molecule has 0 saturated carbocycles. The molecule has 1 aliphatic rings. The lowest BCUT2D eigenvalue weighted by Gasteiger charge is -2.19. The maximum atomic E-state index is 11.9. The molecule has 1 N–H and O–H groups in total. The predicted molar refractivity (Wildman–Crippen MR) is 79.6 cm³/mol. The molecular formula is C15H18ClN3O. The summed E-state index contributed by atoms with van der Waals surface area (Å²) in [6.07, 6.45) is 0.927. The van der Waals surface area contributed by atoms with Gasteiger partial charge in [0, 0.05) is 30.7 Å². The minimum absolute atomic E-state index is 0.0399. The molecule has 1 aromatic rings. The average molecular weight is 292 g/mol. The summed E-state index contributed by atoms with van der Waals surface area (Å²) in [5.41, 5.74) is 1.36. The molecular weight excluding hydrogens is 274 g/mol. The smallest absolute Gasteiger partial charge is 0.225 e. The molecule has 106 valence electrons. The Morgan fingerprint density at radius 1 is 1.55 bits per heavy atom. The van der Waals surface area contributed by atoms with Gasteiger partial charge in [0.15, 0.2) is 0 Å². The summed E-state index contributed by atoms with van der Waals surface area (Å²) < 4.78 is 0. The standard InChI is InChI=1S/C15H18ClN3O/c1-10(2)15(20)19-6-5-13(9-19)18-12-4-3-11(8-17)14(16)7-12/h3-4,7,10,13,18H,5-6,9H2,1-2H3/t13-/m0/s1. The van der Waals surface area contributed by atoms with Crippen molar-refractivity contribution in [3.05, 3.63) is 28.8 Å². The summed E-state index contributed by atoms with van der Waals surface area (Å²) in [6.45, 7) is 5.35. The highest BCUT2D eigenvalue weighted by molar-refractivity contribution is 6.32. The Labute approximate surface area is 124 Å². The van der Waals surface area contributed by atoms with Gasteiger partial charge in [0.2, 0.25) is 5.91 Å². The van der Waals surface area contributed by atoms with E-state index < -0.39 is 0 Å². The molecule has 2 rings (SSSR count). The van der Waals surface area contributed by atoms with Crippen molar-refractivity contribution in [2.45, 2.75) is 26.3 Å². The van der Waals surface area contributed by atoms with E-state index in [2.05, 4.69) is 5.32 Å². The van der Waals surface area contributed by atoms with Crippen LogP contribution in [0.1, 0.15) is 25.8 Å². The van der Waals surface area contributed by atoms with Crippen LogP contribution < -0.4 is 5.32 Å². The normalized spacial score (nSPS) is 18.1. The number of hydrogen-bond acceptors (Lipinski definition) is 3. The van der Waals surface area contributed by atoms with Gasteiger partial charge in [-0.2, -0.15) is 5.26 Å². The summed E-state index contributed by atoms with van der Waals surface area (Å²) >= 11 is 6.01. The number of carbonyl (C=O) groups excluding carboxylic acids is 1. The van der Waals surface area contributed by atoms with Gasteiger partial charge < -0.3 is 10.2 Å². The summed E-state index contributed by atoms with van der Waals surface area (Å²) in [4.78, 5) is 13.8. The molecule has 1 heterocycles. The van der Waals surface area contributed by atoms with Crippen molar-refractivity contribution < 1.29 is 4.79 Å². The van der Waals surface area contributed by atoms with Gasteiger partial charge in [0.1, 0.15) is 6.07 Å². The quantitative estimate of drug-likeness (QED) is 0.931. The highest BCUT2D eigenvalue weighted by Gasteiger charge is 2.27. The van der Waals surface area contributed by atoms with Gasteiger partial charge in [-0.05, 0) is 24.6 Å². The Bertz CT molecular complexity index is 551. The number of rotatable bonds is 3. The first-order chi connectivity index (χ1) is 9.51. The molecule has 1 aromatic carbocycles. The molecule has 1 fully saturated rings. The maximum Gasteiger partial charge on any atom is 0.225 e. The fourth-order valence-corrected chi connectivity index (χ4v) is 2.60. The second-order valence-electron chi connectivity index (χ2n) is 5.38. The zero-order valence-electron chi connectivity index (χ0n) is 11.7. The van der Waals surface area contributed by atoms with E-state index in [1.165, 1.54) is 0 Å². The van der Waals surface area contributed by atoms with Crippen LogP contribution in [0, 0.1) is 17.2 Å². The first kappa shape index (κ1) is 14.7. The minimum atomic E-state index is 0.0399. The number of nitriles is 1. The minimum Gasteiger partial charge on any atom is -0.380 e. The van der Waals surface area contributed by atoms with Crippen LogP contribution in [-0.2, 0) is 4.79 Å². The zero-order valence-corrected chi connectivity index (χ0v) is 12.4. The molecule has 1 atom stereocenters. The summed E-state index contributed by atoms with van der Waals surface area (Å²) in [7, 11) is 0. The molecule has 0 spiro atoms. The fourth-order valence-electron chi connectivity index (χ4n) is 2.37. The van der Waals surface area contributed by atoms with Gasteiger partial charge in [-0.1, -0.05) is 25.4 Å². The predicted octanol–water partition coefficient (Wildman–Crippen LogP) is 2.88. The van der Waals surface area contributed by atoms with Crippen LogP contribution in [0.25, 0.3) is 0 Å². The Kier molecular flexibility index (Phi) is 4.51. The fraction of sp³-hybridized carbons (Fsp3) is 0.467. The van der Waals surface area contributed by atoms with E-state index in [0.29, 0.717) is 17.1 Å². The number of nitrogens with one attached hydrogen (secondary N) is 1. The third kappa shape index (κ3) is 3.23. The van der Waals surface area contributed by atoms with E-state index in [1.54, 1.807) is 12.1 Å². The monoisotopic (exact) mass is 291 g/mol. The number of nitrogens with zero attached hydrogens (tertiary/aromatic N) is 2. The second kappa shape index (κ2) is 6.15. The van der Waals surface area contributed by atoms with Crippen molar-refractivity contribution in [3.8, 4) is 6.07 Å². The lowest BCUT2D eigenvalue weighted by atomic mass is 10.2. The lowest BCUT2D eigenvalue weighted by Crippen LogP contribution is -2.34. The highest BCUT2D eigenvalue weighted by Crippen LogP contribution is 2.23. The van der Waals surface area contributed by atoms with Crippen molar-refractivity contribution in [1.82, 2.24) is 4.90 Å². The number of carbonyl (C=O) groups is 1. The molecule has 5 heteroatoms. The number of amides is 1. The number of anilines is 1. The third-order valence-corrected chi connectivity index (χ3v) is 3.77. The molecule has 20 heavy (non-hydrogen) atoms. The molecule has 4 nitrogen and oxygen atoms in total. The maximum absolute atomic E-state index is 11.9. The number of halogens is 1. The molecule has 0 bridgehead atoms. The van der Waals surface area contributed by atoms with Gasteiger partial charge in [-0.3, -0.25) is 4.79 Å². The third-order valence-electron chi connectivity index (χ3n) is 3.45. The van der Waals surface area contributed by atoms with Crippen LogP contribution in [0.2, 0.25) is 5.02 Å². The second-order valence-corrected chi connectivity index (χ2v) is 5.78. The van der Waals surface area contributed by atoms with E-state index in [-0.39, 0.29) is 17.9 Å². The van der Waals surface area contributed by atoms with E-state index in [1.807, 2.05) is 30.9 Å². The Balaban J connectivity index is 1.97. The number of likely N-dealkylation sites (tertiary alicyclic amines) is 1. The van der Waals surface area contributed by atoms with Gasteiger partial charge in [0.05, 0.1) is 10.6 Å². The summed E-state index contributed by atoms with van der Waals surface area (Å²) in [5, 5.41) is 12.7. The highest BCUT2D eigenvalue weighted by atomic mass is 35.5. The van der Waals surface area contributed by atoms with Gasteiger partial charge in [-0.15, -0.1) is 0 Å². The first-order valence-electron chi connectivity index (χ1n) is 6.76. The van der Waals surface area contributed by atoms with Crippen molar-refractivity contribution in [1.29, 1.82) is 5.26 Å². The molecule has 1 saturated heterocycles. The van der Waals surface area contributed by atoms with Crippen LogP contribution in [0.4, 0.5) is 5.69 Å². The van der Waals surface area contributed by atoms with E-state index >= 15 is 0 Å². The summed E-state index contributed by atoms with van der Waals surface area (Å²) in [6, 6.07) is 7.58. The van der Waals surface area contributed by atoms with Crippen molar-refractivity contribution in [3.63, 3.8) is 0 Å². The Morgan fingerprint density at radius 3 is 2.90 bits per heavy atom. The van der Waals surface area contributed by atoms with Gasteiger partial charge >= 0.3 is 0 Å². The lowest BCUT2D eigenvalue weighted by molar-refractivity contribution is -0.133. The van der Waals surface area contributed by atoms with Gasteiger partial charge in [0.25, 0.3) is 0 Å². The van der Waals surface area contributed by atoms with Crippen molar-refractivity contribution in [2.75, 3.05) is 18.4 Å². The van der Waals surface area contributed by atoms with Crippen LogP contribution in [0.15, 0.2) is 18.2 Å². The van der Waals surface area contributed by atoms with Crippen LogP contribution >= 0.6 is 11.6 Å². The zero-order chi connectivity index (χ0) is 14.7. The Morgan fingerprint density at radius 2 is 2.30 bits per heavy atom. The van der Waals surface area contributed by atoms with Gasteiger partial charge in [-0.25, -0.2) is 0 Å². The van der Waals surface area contributed by atoms with E-state index in [0.717, 1.165) is 18.7 Å². The molecule has 0 unspecified atom stereocenters. The molecule has 0 aliphatic carbocycles. The Hall–Kier alpha value is -1.73. The first-order valence-corrected chi connectivity index (χ1v) is 7.14. The molecule has 0 radical (unpaired) electrons. The molecule has 0 aromatic heterocycles.